The minimum Gasteiger partial charge on any atom is -0.368 e. The topological polar surface area (TPSA) is 63.4 Å². The van der Waals surface area contributed by atoms with Crippen LogP contribution in [0.3, 0.4) is 0 Å². The Hall–Kier alpha value is -2.40. The fourth-order valence-electron chi connectivity index (χ4n) is 3.46. The van der Waals surface area contributed by atoms with Crippen molar-refractivity contribution in [3.05, 3.63) is 58.9 Å². The van der Waals surface area contributed by atoms with Gasteiger partial charge in [0, 0.05) is 13.0 Å². The molecule has 2 aromatic carbocycles. The third-order valence-corrected chi connectivity index (χ3v) is 5.28. The van der Waals surface area contributed by atoms with Gasteiger partial charge >= 0.3 is 0 Å². The number of carbonyl (C=O) groups excluding carboxylic acids is 2. The molecule has 0 bridgehead atoms. The number of amides is 2. The van der Waals surface area contributed by atoms with Gasteiger partial charge in [-0.3, -0.25) is 9.59 Å². The van der Waals surface area contributed by atoms with Crippen LogP contribution in [0, 0.1) is 5.82 Å². The summed E-state index contributed by atoms with van der Waals surface area (Å²) in [5.74, 6) is -0.902. The molecule has 1 saturated heterocycles. The Labute approximate surface area is 163 Å². The number of nitrogens with zero attached hydrogens (tertiary/aromatic N) is 1. The van der Waals surface area contributed by atoms with E-state index >= 15 is 0 Å². The molecule has 1 atom stereocenters. The molecule has 27 heavy (non-hydrogen) atoms. The van der Waals surface area contributed by atoms with Gasteiger partial charge in [0.25, 0.3) is 0 Å². The maximum Gasteiger partial charge on any atom is 0.240 e. The normalized spacial score (nSPS) is 17.0. The van der Waals surface area contributed by atoms with Crippen molar-refractivity contribution >= 4 is 23.4 Å². The van der Waals surface area contributed by atoms with Gasteiger partial charge in [0.2, 0.25) is 11.8 Å². The lowest BCUT2D eigenvalue weighted by molar-refractivity contribution is -0.141. The molecule has 0 spiro atoms. The van der Waals surface area contributed by atoms with Crippen LogP contribution in [-0.2, 0) is 16.0 Å². The first-order valence-electron chi connectivity index (χ1n) is 9.09. The molecular formula is C21H22ClFN2O2. The Kier molecular flexibility index (Phi) is 6.11. The van der Waals surface area contributed by atoms with E-state index in [9.17, 15) is 14.0 Å². The van der Waals surface area contributed by atoms with Gasteiger partial charge in [-0.05, 0) is 54.5 Å². The second-order valence-corrected chi connectivity index (χ2v) is 7.23. The van der Waals surface area contributed by atoms with Crippen LogP contribution >= 0.6 is 11.6 Å². The van der Waals surface area contributed by atoms with Crippen LogP contribution in [0.2, 0.25) is 5.02 Å². The first kappa shape index (κ1) is 19.4. The second kappa shape index (κ2) is 8.53. The molecule has 6 heteroatoms. The Morgan fingerprint density at radius 2 is 1.81 bits per heavy atom. The number of likely N-dealkylation sites (tertiary alicyclic amines) is 1. The van der Waals surface area contributed by atoms with Crippen molar-refractivity contribution in [2.45, 2.75) is 38.1 Å². The standard InChI is InChI=1S/C21H22ClFN2O2/c22-17-13-16(9-10-18(17)23)15-7-4-14(5-8-15)6-11-20(26)25-12-2-1-3-19(25)21(24)27/h4-5,7-10,13,19H,1-3,6,11-12H2,(H2,24,27)/t19-/m0/s1. The van der Waals surface area contributed by atoms with Gasteiger partial charge in [-0.2, -0.15) is 0 Å². The van der Waals surface area contributed by atoms with Gasteiger partial charge in [0.05, 0.1) is 5.02 Å². The van der Waals surface area contributed by atoms with Gasteiger partial charge in [0.1, 0.15) is 11.9 Å². The quantitative estimate of drug-likeness (QED) is 0.843. The summed E-state index contributed by atoms with van der Waals surface area (Å²) >= 11 is 5.84. The van der Waals surface area contributed by atoms with E-state index in [1.807, 2.05) is 24.3 Å². The number of benzene rings is 2. The molecule has 0 radical (unpaired) electrons. The molecule has 0 unspecified atom stereocenters. The molecule has 0 aliphatic carbocycles. The molecule has 2 N–H and O–H groups in total. The lowest BCUT2D eigenvalue weighted by Crippen LogP contribution is -2.50. The number of aryl methyl sites for hydroxylation is 1. The lowest BCUT2D eigenvalue weighted by Gasteiger charge is -2.33. The fourth-order valence-corrected chi connectivity index (χ4v) is 3.64. The van der Waals surface area contributed by atoms with Crippen LogP contribution in [0.25, 0.3) is 11.1 Å². The van der Waals surface area contributed by atoms with E-state index in [-0.39, 0.29) is 10.9 Å². The minimum absolute atomic E-state index is 0.0344. The zero-order valence-electron chi connectivity index (χ0n) is 15.0. The van der Waals surface area contributed by atoms with Crippen LogP contribution in [0.4, 0.5) is 4.39 Å². The predicted molar refractivity (Wildman–Crippen MR) is 104 cm³/mol. The van der Waals surface area contributed by atoms with Crippen LogP contribution in [0.15, 0.2) is 42.5 Å². The maximum atomic E-state index is 13.3. The molecule has 3 rings (SSSR count). The highest BCUT2D eigenvalue weighted by Crippen LogP contribution is 2.25. The van der Waals surface area contributed by atoms with Crippen LogP contribution in [0.5, 0.6) is 0 Å². The third kappa shape index (κ3) is 4.66. The van der Waals surface area contributed by atoms with Crippen LogP contribution < -0.4 is 5.73 Å². The van der Waals surface area contributed by atoms with Crippen LogP contribution in [-0.4, -0.2) is 29.3 Å². The van der Waals surface area contributed by atoms with E-state index < -0.39 is 17.8 Å². The number of rotatable bonds is 5. The number of primary amides is 1. The zero-order chi connectivity index (χ0) is 19.4. The number of hydrogen-bond donors (Lipinski definition) is 1. The van der Waals surface area contributed by atoms with Crippen molar-refractivity contribution in [2.24, 2.45) is 5.73 Å². The molecular weight excluding hydrogens is 367 g/mol. The lowest BCUT2D eigenvalue weighted by atomic mass is 9.99. The minimum atomic E-state index is -0.475. The Bertz CT molecular complexity index is 839. The van der Waals surface area contributed by atoms with Crippen molar-refractivity contribution in [1.82, 2.24) is 4.90 Å². The fraction of sp³-hybridized carbons (Fsp3) is 0.333. The number of piperidine rings is 1. The van der Waals surface area contributed by atoms with Crippen molar-refractivity contribution < 1.29 is 14.0 Å². The number of nitrogens with two attached hydrogens (primary N) is 1. The summed E-state index contributed by atoms with van der Waals surface area (Å²) in [7, 11) is 0. The summed E-state index contributed by atoms with van der Waals surface area (Å²) in [5.41, 5.74) is 8.21. The monoisotopic (exact) mass is 388 g/mol. The smallest absolute Gasteiger partial charge is 0.240 e. The van der Waals surface area contributed by atoms with E-state index in [1.165, 1.54) is 6.07 Å². The van der Waals surface area contributed by atoms with Crippen molar-refractivity contribution in [3.8, 4) is 11.1 Å². The molecule has 1 aliphatic heterocycles. The molecule has 0 saturated carbocycles. The van der Waals surface area contributed by atoms with E-state index in [2.05, 4.69) is 0 Å². The summed E-state index contributed by atoms with van der Waals surface area (Å²) < 4.78 is 13.3. The summed E-state index contributed by atoms with van der Waals surface area (Å²) in [6, 6.07) is 11.9. The van der Waals surface area contributed by atoms with Gasteiger partial charge in [-0.25, -0.2) is 4.39 Å². The molecule has 4 nitrogen and oxygen atoms in total. The van der Waals surface area contributed by atoms with Crippen LogP contribution in [0.1, 0.15) is 31.2 Å². The number of carbonyl (C=O) groups is 2. The summed E-state index contributed by atoms with van der Waals surface area (Å²) in [6.45, 7) is 0.594. The molecule has 1 aliphatic rings. The number of hydrogen-bond acceptors (Lipinski definition) is 2. The van der Waals surface area contributed by atoms with Gasteiger partial charge in [0.15, 0.2) is 0 Å². The van der Waals surface area contributed by atoms with Crippen molar-refractivity contribution in [3.63, 3.8) is 0 Å². The van der Waals surface area contributed by atoms with Gasteiger partial charge in [-0.15, -0.1) is 0 Å². The molecule has 0 aromatic heterocycles. The zero-order valence-corrected chi connectivity index (χ0v) is 15.7. The number of halogens is 2. The summed E-state index contributed by atoms with van der Waals surface area (Å²) in [5, 5.41) is 0.0905. The van der Waals surface area contributed by atoms with E-state index in [1.54, 1.807) is 17.0 Å². The Morgan fingerprint density at radius 3 is 2.48 bits per heavy atom. The first-order valence-corrected chi connectivity index (χ1v) is 9.46. The van der Waals surface area contributed by atoms with E-state index in [4.69, 9.17) is 17.3 Å². The Morgan fingerprint density at radius 1 is 1.11 bits per heavy atom. The predicted octanol–water partition coefficient (Wildman–Crippen LogP) is 3.95. The molecule has 1 heterocycles. The average molecular weight is 389 g/mol. The molecule has 2 amide bonds. The van der Waals surface area contributed by atoms with Crippen molar-refractivity contribution in [1.29, 1.82) is 0 Å². The Balaban J connectivity index is 1.62. The van der Waals surface area contributed by atoms with E-state index in [0.717, 1.165) is 29.5 Å². The van der Waals surface area contributed by atoms with E-state index in [0.29, 0.717) is 25.8 Å². The van der Waals surface area contributed by atoms with Gasteiger partial charge < -0.3 is 10.6 Å². The summed E-state index contributed by atoms with van der Waals surface area (Å²) in [6.07, 6.45) is 3.41. The highest BCUT2D eigenvalue weighted by atomic mass is 35.5. The SMILES string of the molecule is NC(=O)[C@@H]1CCCCN1C(=O)CCc1ccc(-c2ccc(F)c(Cl)c2)cc1. The second-order valence-electron chi connectivity index (χ2n) is 6.83. The average Bonchev–Trinajstić information content (AvgIpc) is 2.68. The van der Waals surface area contributed by atoms with Crippen molar-refractivity contribution in [2.75, 3.05) is 6.54 Å². The first-order chi connectivity index (χ1) is 13.0. The molecule has 1 fully saturated rings. The highest BCUT2D eigenvalue weighted by Gasteiger charge is 2.30. The third-order valence-electron chi connectivity index (χ3n) is 4.99. The molecule has 142 valence electrons. The maximum absolute atomic E-state index is 13.3. The largest absolute Gasteiger partial charge is 0.368 e. The molecule has 2 aromatic rings. The summed E-state index contributed by atoms with van der Waals surface area (Å²) in [4.78, 5) is 25.7. The highest BCUT2D eigenvalue weighted by molar-refractivity contribution is 6.31. The van der Waals surface area contributed by atoms with Gasteiger partial charge in [-0.1, -0.05) is 41.9 Å².